The molecular formula is C34H41F3N4O5. The molecule has 12 heteroatoms. The second-order valence-electron chi connectivity index (χ2n) is 12.6. The Kier molecular flexibility index (Phi) is 10.3. The van der Waals surface area contributed by atoms with E-state index in [0.717, 1.165) is 12.1 Å². The van der Waals surface area contributed by atoms with Crippen LogP contribution in [-0.2, 0) is 27.0 Å². The summed E-state index contributed by atoms with van der Waals surface area (Å²) >= 11 is 0. The van der Waals surface area contributed by atoms with Gasteiger partial charge in [-0.05, 0) is 29.2 Å². The Morgan fingerprint density at radius 3 is 2.26 bits per heavy atom. The van der Waals surface area contributed by atoms with Crippen LogP contribution in [-0.4, -0.2) is 67.3 Å². The number of carbonyl (C=O) groups excluding carboxylic acids is 1. The largest absolute Gasteiger partial charge is 0.496 e. The zero-order valence-electron chi connectivity index (χ0n) is 27.0. The van der Waals surface area contributed by atoms with Gasteiger partial charge >= 0.3 is 12.1 Å². The second-order valence-corrected chi connectivity index (χ2v) is 12.6. The maximum atomic E-state index is 14.6. The molecule has 46 heavy (non-hydrogen) atoms. The molecule has 1 amide bonds. The van der Waals surface area contributed by atoms with E-state index in [4.69, 9.17) is 9.47 Å². The highest BCUT2D eigenvalue weighted by Gasteiger charge is 2.59. The van der Waals surface area contributed by atoms with Crippen molar-refractivity contribution in [3.63, 3.8) is 0 Å². The fraction of sp³-hybridized carbons (Fsp3) is 0.441. The first-order valence-corrected chi connectivity index (χ1v) is 14.8. The number of likely N-dealkylation sites (tertiary alicyclic amines) is 1. The number of carboxylic acid groups (broad SMARTS) is 1. The van der Waals surface area contributed by atoms with Gasteiger partial charge in [0, 0.05) is 57.0 Å². The minimum absolute atomic E-state index is 0.0331. The van der Waals surface area contributed by atoms with Gasteiger partial charge in [-0.1, -0.05) is 63.2 Å². The van der Waals surface area contributed by atoms with Crippen LogP contribution in [0.1, 0.15) is 55.2 Å². The van der Waals surface area contributed by atoms with Crippen LogP contribution < -0.4 is 15.0 Å². The second kappa shape index (κ2) is 13.7. The number of hydrogen-bond donors (Lipinski definition) is 2. The van der Waals surface area contributed by atoms with Gasteiger partial charge < -0.3 is 29.7 Å². The van der Waals surface area contributed by atoms with Crippen LogP contribution in [0.2, 0.25) is 0 Å². The Labute approximate surface area is 267 Å². The molecule has 2 heterocycles. The lowest BCUT2D eigenvalue weighted by molar-refractivity contribution is -0.157. The van der Waals surface area contributed by atoms with Crippen molar-refractivity contribution in [2.24, 2.45) is 11.3 Å². The highest BCUT2D eigenvalue weighted by atomic mass is 19.4. The molecule has 1 fully saturated rings. The number of nitrogens with zero attached hydrogens (tertiary/aromatic N) is 3. The number of aliphatic carboxylic acids is 1. The number of pyridine rings is 1. The van der Waals surface area contributed by atoms with Gasteiger partial charge in [0.05, 0.1) is 18.7 Å². The summed E-state index contributed by atoms with van der Waals surface area (Å²) in [6.07, 6.45) is -4.03. The number of ether oxygens (including phenoxy) is 2. The molecule has 2 N–H and O–H groups in total. The van der Waals surface area contributed by atoms with Crippen LogP contribution in [0, 0.1) is 11.3 Å². The monoisotopic (exact) mass is 642 g/mol. The van der Waals surface area contributed by atoms with Crippen LogP contribution in [0.4, 0.5) is 19.0 Å². The standard InChI is InChI=1S/C34H41F3N4O5/c1-33(2,3)25-26(39-19-21-15-16-22(34(35,36)37)18-24(21)45-6)27(23-14-11-17-38-30(23)40(4)5)41(28(25)32(43)44)31(42)29(46-7)20-12-9-8-10-13-20/h8-18,25-29,39H,19H2,1-7H3,(H,43,44)/t25?,26?,27?,28?,29-/m1/s1. The molecular weight excluding hydrogens is 601 g/mol. The SMILES string of the molecule is COc1cc(C(F)(F)F)ccc1CNC1C(c2cccnc2N(C)C)N(C(=O)[C@H](OC)c2ccccc2)C(C(=O)O)C1C(C)(C)C. The molecule has 1 aliphatic heterocycles. The third-order valence-corrected chi connectivity index (χ3v) is 8.44. The van der Waals surface area contributed by atoms with Gasteiger partial charge in [0.2, 0.25) is 0 Å². The molecule has 1 saturated heterocycles. The Morgan fingerprint density at radius 1 is 1.04 bits per heavy atom. The van der Waals surface area contributed by atoms with Crippen molar-refractivity contribution in [1.29, 1.82) is 0 Å². The Morgan fingerprint density at radius 2 is 1.72 bits per heavy atom. The first-order valence-electron chi connectivity index (χ1n) is 14.8. The third kappa shape index (κ3) is 6.97. The molecule has 4 rings (SSSR count). The number of carboxylic acids is 1. The quantitative estimate of drug-likeness (QED) is 0.290. The van der Waals surface area contributed by atoms with Crippen molar-refractivity contribution in [3.05, 3.63) is 89.1 Å². The molecule has 5 atom stereocenters. The van der Waals surface area contributed by atoms with Crippen LogP contribution in [0.3, 0.4) is 0 Å². The Balaban J connectivity index is 1.91. The number of nitrogens with one attached hydrogen (secondary N) is 1. The summed E-state index contributed by atoms with van der Waals surface area (Å²) < 4.78 is 51.4. The molecule has 248 valence electrons. The van der Waals surface area contributed by atoms with E-state index in [1.807, 2.05) is 32.9 Å². The minimum Gasteiger partial charge on any atom is -0.496 e. The minimum atomic E-state index is -4.55. The average molecular weight is 643 g/mol. The third-order valence-electron chi connectivity index (χ3n) is 8.44. The van der Waals surface area contributed by atoms with Crippen molar-refractivity contribution in [2.75, 3.05) is 33.2 Å². The number of amides is 1. The van der Waals surface area contributed by atoms with Gasteiger partial charge in [-0.15, -0.1) is 0 Å². The van der Waals surface area contributed by atoms with E-state index >= 15 is 0 Å². The fourth-order valence-corrected chi connectivity index (χ4v) is 6.50. The zero-order valence-corrected chi connectivity index (χ0v) is 27.0. The molecule has 9 nitrogen and oxygen atoms in total. The smallest absolute Gasteiger partial charge is 0.416 e. The molecule has 1 aromatic heterocycles. The first-order chi connectivity index (χ1) is 21.6. The summed E-state index contributed by atoms with van der Waals surface area (Å²) in [5.41, 5.74) is 0.110. The van der Waals surface area contributed by atoms with E-state index in [1.54, 1.807) is 55.5 Å². The molecule has 1 aliphatic rings. The molecule has 3 aromatic rings. The maximum absolute atomic E-state index is 14.6. The number of alkyl halides is 3. The highest BCUT2D eigenvalue weighted by Crippen LogP contribution is 2.50. The Hall–Kier alpha value is -4.16. The Bertz CT molecular complexity index is 1530. The van der Waals surface area contributed by atoms with Gasteiger partial charge in [0.25, 0.3) is 5.91 Å². The van der Waals surface area contributed by atoms with Gasteiger partial charge in [-0.25, -0.2) is 9.78 Å². The van der Waals surface area contributed by atoms with E-state index in [0.29, 0.717) is 22.5 Å². The number of hydrogen-bond acceptors (Lipinski definition) is 7. The lowest BCUT2D eigenvalue weighted by atomic mass is 9.72. The van der Waals surface area contributed by atoms with Crippen molar-refractivity contribution in [1.82, 2.24) is 15.2 Å². The molecule has 0 bridgehead atoms. The van der Waals surface area contributed by atoms with E-state index in [-0.39, 0.29) is 12.3 Å². The number of methoxy groups -OCH3 is 2. The van der Waals surface area contributed by atoms with Gasteiger partial charge in [0.1, 0.15) is 17.6 Å². The molecule has 0 spiro atoms. The normalized spacial score (nSPS) is 20.8. The molecule has 0 radical (unpaired) electrons. The summed E-state index contributed by atoms with van der Waals surface area (Å²) in [7, 11) is 6.31. The number of anilines is 1. The summed E-state index contributed by atoms with van der Waals surface area (Å²) in [6, 6.07) is 12.8. The van der Waals surface area contributed by atoms with Crippen LogP contribution in [0.15, 0.2) is 66.9 Å². The summed E-state index contributed by atoms with van der Waals surface area (Å²) in [5.74, 6) is -1.82. The van der Waals surface area contributed by atoms with Crippen LogP contribution in [0.5, 0.6) is 5.75 Å². The van der Waals surface area contributed by atoms with Crippen molar-refractivity contribution >= 4 is 17.7 Å². The number of aromatic nitrogens is 1. The number of rotatable bonds is 10. The number of carbonyl (C=O) groups is 2. The lowest BCUT2D eigenvalue weighted by Crippen LogP contribution is -2.49. The average Bonchev–Trinajstić information content (AvgIpc) is 3.36. The number of halogens is 3. The van der Waals surface area contributed by atoms with Crippen LogP contribution >= 0.6 is 0 Å². The maximum Gasteiger partial charge on any atom is 0.416 e. The topological polar surface area (TPSA) is 104 Å². The van der Waals surface area contributed by atoms with Gasteiger partial charge in [-0.2, -0.15) is 13.2 Å². The van der Waals surface area contributed by atoms with Gasteiger partial charge in [0.15, 0.2) is 6.10 Å². The van der Waals surface area contributed by atoms with E-state index < -0.39 is 59.2 Å². The van der Waals surface area contributed by atoms with Crippen molar-refractivity contribution in [3.8, 4) is 5.75 Å². The summed E-state index contributed by atoms with van der Waals surface area (Å²) in [6.45, 7) is 5.76. The highest BCUT2D eigenvalue weighted by molar-refractivity contribution is 5.89. The first kappa shape index (κ1) is 34.7. The predicted molar refractivity (Wildman–Crippen MR) is 167 cm³/mol. The van der Waals surface area contributed by atoms with Crippen molar-refractivity contribution in [2.45, 2.75) is 57.7 Å². The van der Waals surface area contributed by atoms with Gasteiger partial charge in [-0.3, -0.25) is 4.79 Å². The molecule has 2 aromatic carbocycles. The summed E-state index contributed by atoms with van der Waals surface area (Å²) in [5, 5.41) is 14.3. The summed E-state index contributed by atoms with van der Waals surface area (Å²) in [4.78, 5) is 35.6. The number of benzene rings is 2. The fourth-order valence-electron chi connectivity index (χ4n) is 6.50. The van der Waals surface area contributed by atoms with E-state index in [2.05, 4.69) is 10.3 Å². The van der Waals surface area contributed by atoms with Crippen molar-refractivity contribution < 1.29 is 37.3 Å². The zero-order chi connectivity index (χ0) is 34.0. The van der Waals surface area contributed by atoms with Crippen LogP contribution in [0.25, 0.3) is 0 Å². The molecule has 4 unspecified atom stereocenters. The van der Waals surface area contributed by atoms with E-state index in [1.165, 1.54) is 25.2 Å². The molecule has 0 saturated carbocycles. The predicted octanol–water partition coefficient (Wildman–Crippen LogP) is 5.72. The molecule has 0 aliphatic carbocycles. The lowest BCUT2D eigenvalue weighted by Gasteiger charge is -2.35. The van der Waals surface area contributed by atoms with E-state index in [9.17, 15) is 27.9 Å².